The fourth-order valence-electron chi connectivity index (χ4n) is 11.6. The van der Waals surface area contributed by atoms with Crippen LogP contribution >= 0.6 is 7.82 Å². The van der Waals surface area contributed by atoms with E-state index in [-0.39, 0.29) is 32.0 Å². The maximum absolute atomic E-state index is 12.9. The van der Waals surface area contributed by atoms with Crippen LogP contribution in [0.25, 0.3) is 64.6 Å². The molecular weight excluding hydrogens is 990 g/mol. The number of ether oxygens (including phenoxy) is 2. The molecule has 0 bridgehead atoms. The molecule has 0 spiro atoms. The van der Waals surface area contributed by atoms with Crippen LogP contribution in [0, 0.1) is 0 Å². The van der Waals surface area contributed by atoms with E-state index in [1.165, 1.54) is 166 Å². The number of aryl methyl sites for hydroxylation is 2. The molecule has 9 nitrogen and oxygen atoms in total. The standard InChI is InChI=1S/C68H88NO8P/c1-69(2,3)48-49-75-78(72,73)76-51-60(77-64(71)35-25-21-17-13-9-5-7-11-15-19-23-29-53-37-39-59-43-41-55-31-27-33-57-45-47-62(53)68(59)66(55)57)50-74-63(70)34-24-20-16-12-8-4-6-10-14-18-22-28-52-36-38-58-42-40-54-30-26-32-56-44-46-61(52)67(58)65(54)56/h26-27,30-33,36-47,60H,4-25,28-29,34-35,48-51H2,1-3H3/p+1. The molecule has 78 heavy (non-hydrogen) atoms. The number of nitrogens with zero attached hydrogens (tertiary/aromatic N) is 1. The maximum atomic E-state index is 12.9. The van der Waals surface area contributed by atoms with Crippen LogP contribution < -0.4 is 0 Å². The molecule has 0 radical (unpaired) electrons. The molecule has 8 aromatic carbocycles. The number of hydrogen-bond donors (Lipinski definition) is 1. The SMILES string of the molecule is C[N+](C)(C)CCOP(=O)(O)OCC(COC(=O)CCCCCCCCCCCCCc1ccc2ccc3cccc4ccc1c2c34)OC(=O)CCCCCCCCCCCCCc1ccc2ccc3cccc4ccc1c2c34. The third kappa shape index (κ3) is 17.7. The molecule has 0 aliphatic carbocycles. The minimum Gasteiger partial charge on any atom is -0.462 e. The zero-order valence-corrected chi connectivity index (χ0v) is 48.3. The summed E-state index contributed by atoms with van der Waals surface area (Å²) in [6.45, 7) is -0.138. The van der Waals surface area contributed by atoms with Crippen molar-refractivity contribution in [2.75, 3.05) is 47.5 Å². The first-order chi connectivity index (χ1) is 37.9. The number of unbranched alkanes of at least 4 members (excludes halogenated alkanes) is 20. The third-order valence-electron chi connectivity index (χ3n) is 16.1. The monoisotopic (exact) mass is 1080 g/mol. The Kier molecular flexibility index (Phi) is 22.6. The fraction of sp³-hybridized carbons (Fsp3) is 0.500. The Morgan fingerprint density at radius 1 is 0.436 bits per heavy atom. The molecule has 1 N–H and O–H groups in total. The van der Waals surface area contributed by atoms with Crippen LogP contribution in [-0.4, -0.2) is 74.9 Å². The number of carbonyl (C=O) groups excluding carboxylic acids is 2. The van der Waals surface area contributed by atoms with Crippen LogP contribution in [0.4, 0.5) is 0 Å². The average Bonchev–Trinajstić information content (AvgIpc) is 3.54. The van der Waals surface area contributed by atoms with E-state index in [0.717, 1.165) is 57.8 Å². The zero-order valence-electron chi connectivity index (χ0n) is 47.4. The van der Waals surface area contributed by atoms with Gasteiger partial charge in [0.15, 0.2) is 6.10 Å². The Morgan fingerprint density at radius 2 is 0.795 bits per heavy atom. The van der Waals surface area contributed by atoms with Crippen LogP contribution in [0.1, 0.15) is 165 Å². The van der Waals surface area contributed by atoms with E-state index < -0.39 is 26.5 Å². The first-order valence-electron chi connectivity index (χ1n) is 30.0. The summed E-state index contributed by atoms with van der Waals surface area (Å²) >= 11 is 0. The van der Waals surface area contributed by atoms with E-state index in [1.54, 1.807) is 0 Å². The normalized spacial score (nSPS) is 13.4. The zero-order chi connectivity index (χ0) is 54.6. The molecule has 0 aliphatic rings. The number of phosphoric ester groups is 1. The molecule has 0 saturated heterocycles. The Labute approximate surface area is 465 Å². The van der Waals surface area contributed by atoms with Gasteiger partial charge in [-0.1, -0.05) is 225 Å². The van der Waals surface area contributed by atoms with Crippen molar-refractivity contribution in [2.24, 2.45) is 0 Å². The molecule has 0 heterocycles. The van der Waals surface area contributed by atoms with Crippen molar-refractivity contribution in [3.63, 3.8) is 0 Å². The number of esters is 2. The Balaban J connectivity index is 0.634. The molecule has 10 heteroatoms. The number of hydrogen-bond acceptors (Lipinski definition) is 7. The lowest BCUT2D eigenvalue weighted by Crippen LogP contribution is -2.37. The highest BCUT2D eigenvalue weighted by atomic mass is 31.2. The van der Waals surface area contributed by atoms with E-state index in [0.29, 0.717) is 17.4 Å². The maximum Gasteiger partial charge on any atom is 0.472 e. The van der Waals surface area contributed by atoms with Crippen molar-refractivity contribution >= 4 is 84.4 Å². The van der Waals surface area contributed by atoms with Crippen molar-refractivity contribution < 1.29 is 42.1 Å². The lowest BCUT2D eigenvalue weighted by molar-refractivity contribution is -0.870. The average molecular weight is 1080 g/mol. The second kappa shape index (κ2) is 29.9. The van der Waals surface area contributed by atoms with Gasteiger partial charge in [-0.05, 0) is 114 Å². The van der Waals surface area contributed by atoms with Crippen molar-refractivity contribution in [1.29, 1.82) is 0 Å². The van der Waals surface area contributed by atoms with Crippen LogP contribution in [0.15, 0.2) is 109 Å². The van der Waals surface area contributed by atoms with Gasteiger partial charge in [0.2, 0.25) is 0 Å². The van der Waals surface area contributed by atoms with Crippen LogP contribution in [0.5, 0.6) is 0 Å². The summed E-state index contributed by atoms with van der Waals surface area (Å²) in [4.78, 5) is 36.0. The smallest absolute Gasteiger partial charge is 0.462 e. The molecule has 0 aromatic heterocycles. The molecule has 8 aromatic rings. The Morgan fingerprint density at radius 3 is 1.22 bits per heavy atom. The topological polar surface area (TPSA) is 108 Å². The van der Waals surface area contributed by atoms with E-state index in [1.807, 2.05) is 21.1 Å². The number of rotatable bonds is 38. The van der Waals surface area contributed by atoms with E-state index in [9.17, 15) is 19.0 Å². The lowest BCUT2D eigenvalue weighted by atomic mass is 9.90. The molecule has 0 saturated carbocycles. The van der Waals surface area contributed by atoms with E-state index in [2.05, 4.69) is 109 Å². The molecule has 8 rings (SSSR count). The minimum absolute atomic E-state index is 0.0213. The van der Waals surface area contributed by atoms with E-state index >= 15 is 0 Å². The summed E-state index contributed by atoms with van der Waals surface area (Å²) in [5.74, 6) is -0.814. The highest BCUT2D eigenvalue weighted by molar-refractivity contribution is 7.47. The van der Waals surface area contributed by atoms with Gasteiger partial charge < -0.3 is 18.9 Å². The van der Waals surface area contributed by atoms with Gasteiger partial charge >= 0.3 is 19.8 Å². The molecule has 2 unspecified atom stereocenters. The highest BCUT2D eigenvalue weighted by Gasteiger charge is 2.27. The second-order valence-corrected chi connectivity index (χ2v) is 24.8. The molecule has 0 amide bonds. The van der Waals surface area contributed by atoms with Gasteiger partial charge in [-0.2, -0.15) is 0 Å². The van der Waals surface area contributed by atoms with Crippen molar-refractivity contribution in [3.8, 4) is 0 Å². The van der Waals surface area contributed by atoms with Gasteiger partial charge in [0.1, 0.15) is 19.8 Å². The van der Waals surface area contributed by atoms with Crippen LogP contribution in [0.2, 0.25) is 0 Å². The first kappa shape index (κ1) is 59.0. The van der Waals surface area contributed by atoms with Crippen LogP contribution in [-0.2, 0) is 45.5 Å². The van der Waals surface area contributed by atoms with Gasteiger partial charge in [-0.3, -0.25) is 18.6 Å². The van der Waals surface area contributed by atoms with Gasteiger partial charge in [-0.25, -0.2) is 4.57 Å². The molecule has 0 aliphatic heterocycles. The number of phosphoric acid groups is 1. The fourth-order valence-corrected chi connectivity index (χ4v) is 12.4. The van der Waals surface area contributed by atoms with Gasteiger partial charge in [0.05, 0.1) is 27.7 Å². The minimum atomic E-state index is -4.41. The first-order valence-corrected chi connectivity index (χ1v) is 31.5. The quantitative estimate of drug-likeness (QED) is 0.0134. The highest BCUT2D eigenvalue weighted by Crippen LogP contribution is 2.43. The predicted octanol–water partition coefficient (Wildman–Crippen LogP) is 17.9. The summed E-state index contributed by atoms with van der Waals surface area (Å²) in [6, 6.07) is 40.7. The summed E-state index contributed by atoms with van der Waals surface area (Å²) in [5, 5.41) is 16.4. The molecular formula is C68H89NO8P+. The number of quaternary nitrogens is 1. The van der Waals surface area contributed by atoms with Crippen molar-refractivity contribution in [1.82, 2.24) is 0 Å². The summed E-state index contributed by atoms with van der Waals surface area (Å²) in [6.07, 6.45) is 26.9. The Hall–Kier alpha value is -5.15. The largest absolute Gasteiger partial charge is 0.472 e. The number of carbonyl (C=O) groups is 2. The number of benzene rings is 8. The van der Waals surface area contributed by atoms with Crippen molar-refractivity contribution in [2.45, 2.75) is 173 Å². The number of likely N-dealkylation sites (N-methyl/N-ethyl adjacent to an activating group) is 1. The third-order valence-corrected chi connectivity index (χ3v) is 17.0. The van der Waals surface area contributed by atoms with E-state index in [4.69, 9.17) is 18.5 Å². The molecule has 0 fully saturated rings. The second-order valence-electron chi connectivity index (χ2n) is 23.3. The molecule has 418 valence electrons. The summed E-state index contributed by atoms with van der Waals surface area (Å²) in [7, 11) is 1.45. The summed E-state index contributed by atoms with van der Waals surface area (Å²) in [5.41, 5.74) is 2.93. The lowest BCUT2D eigenvalue weighted by Gasteiger charge is -2.24. The molecule has 2 atom stereocenters. The Bertz CT molecular complexity index is 3130. The van der Waals surface area contributed by atoms with Gasteiger partial charge in [-0.15, -0.1) is 0 Å². The van der Waals surface area contributed by atoms with Gasteiger partial charge in [0, 0.05) is 12.8 Å². The van der Waals surface area contributed by atoms with Crippen molar-refractivity contribution in [3.05, 3.63) is 120 Å². The van der Waals surface area contributed by atoms with Crippen LogP contribution in [0.3, 0.4) is 0 Å². The van der Waals surface area contributed by atoms with Gasteiger partial charge in [0.25, 0.3) is 0 Å². The predicted molar refractivity (Wildman–Crippen MR) is 324 cm³/mol. The summed E-state index contributed by atoms with van der Waals surface area (Å²) < 4.78 is 34.8.